The van der Waals surface area contributed by atoms with E-state index in [1.807, 2.05) is 55.1 Å². The Morgan fingerprint density at radius 2 is 2.22 bits per heavy atom. The average molecular weight is 370 g/mol. The lowest BCUT2D eigenvalue weighted by Crippen LogP contribution is -2.40. The fourth-order valence-electron chi connectivity index (χ4n) is 3.49. The molecule has 2 aromatic rings. The van der Waals surface area contributed by atoms with Gasteiger partial charge in [0.15, 0.2) is 5.96 Å². The van der Waals surface area contributed by atoms with E-state index in [-0.39, 0.29) is 0 Å². The van der Waals surface area contributed by atoms with Crippen LogP contribution in [-0.2, 0) is 20.0 Å². The standard InChI is InChI=1S/C20H31N7/c1-5-21-20(22-13-18-7-6-8-19(24-18)25(2)3)27-10-9-16(15-27)11-17-12-23-26(4)14-17/h6-8,12,14,16H,5,9-11,13,15H2,1-4H3,(H,21,22). The number of nitrogens with one attached hydrogen (secondary N) is 1. The Morgan fingerprint density at radius 3 is 2.93 bits per heavy atom. The first-order valence-electron chi connectivity index (χ1n) is 9.69. The van der Waals surface area contributed by atoms with Crippen LogP contribution in [0.4, 0.5) is 5.82 Å². The van der Waals surface area contributed by atoms with Gasteiger partial charge < -0.3 is 15.1 Å². The SMILES string of the molecule is CCNC(=NCc1cccc(N(C)C)n1)N1CCC(Cc2cnn(C)c2)C1. The zero-order chi connectivity index (χ0) is 19.2. The summed E-state index contributed by atoms with van der Waals surface area (Å²) in [6.07, 6.45) is 6.36. The first kappa shape index (κ1) is 19.2. The molecule has 0 radical (unpaired) electrons. The van der Waals surface area contributed by atoms with Crippen molar-refractivity contribution in [3.8, 4) is 0 Å². The number of aliphatic imine (C=N–C) groups is 1. The molecule has 3 rings (SSSR count). The molecule has 0 aliphatic carbocycles. The zero-order valence-corrected chi connectivity index (χ0v) is 16.9. The van der Waals surface area contributed by atoms with E-state index in [0.717, 1.165) is 43.5 Å². The van der Waals surface area contributed by atoms with E-state index in [0.29, 0.717) is 12.5 Å². The summed E-state index contributed by atoms with van der Waals surface area (Å²) in [7, 11) is 5.98. The second kappa shape index (κ2) is 8.88. The number of guanidine groups is 1. The maximum Gasteiger partial charge on any atom is 0.194 e. The molecular formula is C20H31N7. The Balaban J connectivity index is 1.63. The number of likely N-dealkylation sites (tertiary alicyclic amines) is 1. The van der Waals surface area contributed by atoms with Crippen LogP contribution < -0.4 is 10.2 Å². The van der Waals surface area contributed by atoms with Gasteiger partial charge in [0.1, 0.15) is 5.82 Å². The Kier molecular flexibility index (Phi) is 6.32. The van der Waals surface area contributed by atoms with Crippen LogP contribution in [0.2, 0.25) is 0 Å². The molecular weight excluding hydrogens is 338 g/mol. The molecule has 1 aliphatic rings. The molecule has 27 heavy (non-hydrogen) atoms. The number of rotatable bonds is 6. The fourth-order valence-corrected chi connectivity index (χ4v) is 3.49. The lowest BCUT2D eigenvalue weighted by atomic mass is 10.0. The fraction of sp³-hybridized carbons (Fsp3) is 0.550. The third-order valence-corrected chi connectivity index (χ3v) is 4.84. The molecule has 1 N–H and O–H groups in total. The summed E-state index contributed by atoms with van der Waals surface area (Å²) in [4.78, 5) is 13.9. The van der Waals surface area contributed by atoms with Crippen molar-refractivity contribution in [2.75, 3.05) is 38.6 Å². The van der Waals surface area contributed by atoms with Crippen molar-refractivity contribution in [2.45, 2.75) is 26.3 Å². The van der Waals surface area contributed by atoms with E-state index < -0.39 is 0 Å². The van der Waals surface area contributed by atoms with Crippen LogP contribution in [0, 0.1) is 5.92 Å². The molecule has 7 heteroatoms. The molecule has 1 aliphatic heterocycles. The van der Waals surface area contributed by atoms with Gasteiger partial charge in [-0.3, -0.25) is 4.68 Å². The van der Waals surface area contributed by atoms with Crippen LogP contribution in [0.15, 0.2) is 35.6 Å². The summed E-state index contributed by atoms with van der Waals surface area (Å²) in [5, 5.41) is 7.72. The van der Waals surface area contributed by atoms with E-state index in [9.17, 15) is 0 Å². The molecule has 2 aromatic heterocycles. The molecule has 0 saturated carbocycles. The van der Waals surface area contributed by atoms with Gasteiger partial charge in [0.25, 0.3) is 0 Å². The van der Waals surface area contributed by atoms with Crippen molar-refractivity contribution in [1.82, 2.24) is 25.0 Å². The van der Waals surface area contributed by atoms with Crippen molar-refractivity contribution in [3.63, 3.8) is 0 Å². The molecule has 0 spiro atoms. The second-order valence-corrected chi connectivity index (χ2v) is 7.38. The molecule has 0 amide bonds. The minimum absolute atomic E-state index is 0.591. The topological polar surface area (TPSA) is 61.6 Å². The maximum atomic E-state index is 4.85. The summed E-state index contributed by atoms with van der Waals surface area (Å²) in [5.74, 6) is 2.60. The number of nitrogens with zero attached hydrogens (tertiary/aromatic N) is 6. The largest absolute Gasteiger partial charge is 0.363 e. The van der Waals surface area contributed by atoms with Gasteiger partial charge in [-0.15, -0.1) is 0 Å². The van der Waals surface area contributed by atoms with Crippen molar-refractivity contribution in [1.29, 1.82) is 0 Å². The van der Waals surface area contributed by atoms with E-state index in [1.54, 1.807) is 0 Å². The Morgan fingerprint density at radius 1 is 1.37 bits per heavy atom. The second-order valence-electron chi connectivity index (χ2n) is 7.38. The highest BCUT2D eigenvalue weighted by Gasteiger charge is 2.25. The summed E-state index contributed by atoms with van der Waals surface area (Å²) >= 11 is 0. The van der Waals surface area contributed by atoms with Crippen molar-refractivity contribution >= 4 is 11.8 Å². The Labute approximate surface area is 162 Å². The third kappa shape index (κ3) is 5.21. The van der Waals surface area contributed by atoms with Crippen molar-refractivity contribution in [2.24, 2.45) is 18.0 Å². The van der Waals surface area contributed by atoms with Crippen molar-refractivity contribution in [3.05, 3.63) is 41.9 Å². The summed E-state index contributed by atoms with van der Waals surface area (Å²) < 4.78 is 1.88. The lowest BCUT2D eigenvalue weighted by Gasteiger charge is -2.21. The molecule has 3 heterocycles. The van der Waals surface area contributed by atoms with Gasteiger partial charge in [-0.2, -0.15) is 5.10 Å². The van der Waals surface area contributed by atoms with Gasteiger partial charge in [0.05, 0.1) is 18.4 Å². The molecule has 1 unspecified atom stereocenters. The summed E-state index contributed by atoms with van der Waals surface area (Å²) in [5.41, 5.74) is 2.30. The van der Waals surface area contributed by atoms with E-state index in [1.165, 1.54) is 12.0 Å². The van der Waals surface area contributed by atoms with Crippen LogP contribution in [0.3, 0.4) is 0 Å². The summed E-state index contributed by atoms with van der Waals surface area (Å²) in [6, 6.07) is 6.09. The van der Waals surface area contributed by atoms with Crippen molar-refractivity contribution < 1.29 is 0 Å². The maximum absolute atomic E-state index is 4.85. The van der Waals surface area contributed by atoms with E-state index in [2.05, 4.69) is 33.4 Å². The van der Waals surface area contributed by atoms with Gasteiger partial charge in [-0.05, 0) is 43.4 Å². The van der Waals surface area contributed by atoms with Gasteiger partial charge >= 0.3 is 0 Å². The van der Waals surface area contributed by atoms with Crippen LogP contribution in [0.5, 0.6) is 0 Å². The molecule has 0 bridgehead atoms. The van der Waals surface area contributed by atoms with Gasteiger partial charge in [0, 0.05) is 47.0 Å². The highest BCUT2D eigenvalue weighted by Crippen LogP contribution is 2.21. The number of aromatic nitrogens is 3. The van der Waals surface area contributed by atoms with Gasteiger partial charge in [-0.1, -0.05) is 6.07 Å². The lowest BCUT2D eigenvalue weighted by molar-refractivity contribution is 0.459. The average Bonchev–Trinajstić information content (AvgIpc) is 3.28. The minimum Gasteiger partial charge on any atom is -0.363 e. The number of hydrogen-bond acceptors (Lipinski definition) is 4. The number of pyridine rings is 1. The third-order valence-electron chi connectivity index (χ3n) is 4.84. The zero-order valence-electron chi connectivity index (χ0n) is 16.9. The number of aryl methyl sites for hydroxylation is 1. The highest BCUT2D eigenvalue weighted by molar-refractivity contribution is 5.80. The monoisotopic (exact) mass is 369 g/mol. The Bertz CT molecular complexity index is 765. The van der Waals surface area contributed by atoms with Crippen LogP contribution in [0.25, 0.3) is 0 Å². The predicted octanol–water partition coefficient (Wildman–Crippen LogP) is 1.91. The molecule has 146 valence electrons. The van der Waals surface area contributed by atoms with E-state index >= 15 is 0 Å². The van der Waals surface area contributed by atoms with Crippen LogP contribution >= 0.6 is 0 Å². The molecule has 0 aromatic carbocycles. The van der Waals surface area contributed by atoms with Crippen LogP contribution in [-0.4, -0.2) is 59.4 Å². The number of hydrogen-bond donors (Lipinski definition) is 1. The quantitative estimate of drug-likeness (QED) is 0.623. The first-order valence-corrected chi connectivity index (χ1v) is 9.69. The molecule has 1 fully saturated rings. The first-order chi connectivity index (χ1) is 13.0. The van der Waals surface area contributed by atoms with E-state index in [4.69, 9.17) is 4.99 Å². The molecule has 7 nitrogen and oxygen atoms in total. The molecule has 1 atom stereocenters. The van der Waals surface area contributed by atoms with Gasteiger partial charge in [-0.25, -0.2) is 9.98 Å². The smallest absolute Gasteiger partial charge is 0.194 e. The van der Waals surface area contributed by atoms with Crippen LogP contribution in [0.1, 0.15) is 24.6 Å². The van der Waals surface area contributed by atoms with Gasteiger partial charge in [0.2, 0.25) is 0 Å². The predicted molar refractivity (Wildman–Crippen MR) is 110 cm³/mol. The number of anilines is 1. The normalized spacial score (nSPS) is 17.4. The minimum atomic E-state index is 0.591. The molecule has 1 saturated heterocycles. The summed E-state index contributed by atoms with van der Waals surface area (Å²) in [6.45, 7) is 5.65. The highest BCUT2D eigenvalue weighted by atomic mass is 15.3. The Hall–Kier alpha value is -2.57.